The molecule has 9 nitrogen and oxygen atoms in total. The van der Waals surface area contributed by atoms with Crippen molar-refractivity contribution >= 4 is 51.8 Å². The van der Waals surface area contributed by atoms with Gasteiger partial charge in [0, 0.05) is 42.9 Å². The van der Waals surface area contributed by atoms with Crippen LogP contribution in [0.5, 0.6) is 0 Å². The van der Waals surface area contributed by atoms with Crippen molar-refractivity contribution in [3.63, 3.8) is 0 Å². The zero-order valence-electron chi connectivity index (χ0n) is 21.3. The Morgan fingerprint density at radius 1 is 1.03 bits per heavy atom. The van der Waals surface area contributed by atoms with E-state index in [1.165, 1.54) is 4.90 Å². The molecule has 0 radical (unpaired) electrons. The molecule has 10 heteroatoms. The molecule has 3 heterocycles. The number of carbonyl (C=O) groups is 1. The first-order valence-electron chi connectivity index (χ1n) is 11.3. The van der Waals surface area contributed by atoms with Gasteiger partial charge in [-0.2, -0.15) is 0 Å². The van der Waals surface area contributed by atoms with Crippen molar-refractivity contribution in [2.24, 2.45) is 12.5 Å². The molecule has 35 heavy (non-hydrogen) atoms. The highest BCUT2D eigenvalue weighted by Gasteiger charge is 2.35. The van der Waals surface area contributed by atoms with Gasteiger partial charge in [-0.25, -0.2) is 19.9 Å². The van der Waals surface area contributed by atoms with Gasteiger partial charge < -0.3 is 14.0 Å². The molecule has 4 aromatic rings. The Hall–Kier alpha value is -3.46. The lowest BCUT2D eigenvalue weighted by Crippen LogP contribution is -2.37. The predicted molar refractivity (Wildman–Crippen MR) is 138 cm³/mol. The fraction of sp³-hybridized carbons (Fsp3) is 0.400. The number of halogens is 1. The standard InChI is InChI=1S/C25H30ClN7O2/c1-24(2,3)18-14-20(30-35-18)33(21(34)25(4,5)6)23-28-16-13-15(9-10-17(16)32(23)8)31(7)19-11-12-27-22(26)29-19/h9-14H,1-8H3. The van der Waals surface area contributed by atoms with E-state index in [9.17, 15) is 4.79 Å². The van der Waals surface area contributed by atoms with Crippen LogP contribution in [0.1, 0.15) is 47.3 Å². The second-order valence-corrected chi connectivity index (χ2v) is 10.9. The lowest BCUT2D eigenvalue weighted by Gasteiger charge is -2.26. The number of rotatable bonds is 4. The molecule has 0 saturated carbocycles. The van der Waals surface area contributed by atoms with Gasteiger partial charge in [0.1, 0.15) is 11.6 Å². The number of aryl methyl sites for hydroxylation is 1. The Labute approximate surface area is 209 Å². The van der Waals surface area contributed by atoms with E-state index in [1.807, 2.05) is 83.3 Å². The molecule has 3 aromatic heterocycles. The lowest BCUT2D eigenvalue weighted by molar-refractivity contribution is -0.125. The summed E-state index contributed by atoms with van der Waals surface area (Å²) in [7, 11) is 3.77. The number of fused-ring (bicyclic) bond motifs is 1. The molecule has 0 N–H and O–H groups in total. The molecule has 4 rings (SSSR count). The van der Waals surface area contributed by atoms with Gasteiger partial charge in [-0.3, -0.25) is 4.79 Å². The Morgan fingerprint density at radius 2 is 1.74 bits per heavy atom. The van der Waals surface area contributed by atoms with E-state index in [-0.39, 0.29) is 16.6 Å². The largest absolute Gasteiger partial charge is 0.359 e. The van der Waals surface area contributed by atoms with E-state index >= 15 is 0 Å². The third-order valence-corrected chi connectivity index (χ3v) is 5.88. The van der Waals surface area contributed by atoms with Crippen LogP contribution in [-0.2, 0) is 17.3 Å². The number of imidazole rings is 1. The Kier molecular flexibility index (Phi) is 6.09. The molecule has 1 amide bonds. The molecule has 1 aromatic carbocycles. The van der Waals surface area contributed by atoms with Crippen molar-refractivity contribution in [3.8, 4) is 0 Å². The summed E-state index contributed by atoms with van der Waals surface area (Å²) in [5.41, 5.74) is 1.53. The summed E-state index contributed by atoms with van der Waals surface area (Å²) in [6.45, 7) is 11.7. The van der Waals surface area contributed by atoms with Crippen LogP contribution < -0.4 is 9.80 Å². The van der Waals surface area contributed by atoms with Crippen LogP contribution in [0.25, 0.3) is 11.0 Å². The number of aromatic nitrogens is 5. The minimum absolute atomic E-state index is 0.141. The molecule has 0 bridgehead atoms. The highest BCUT2D eigenvalue weighted by atomic mass is 35.5. The maximum Gasteiger partial charge on any atom is 0.240 e. The third-order valence-electron chi connectivity index (χ3n) is 5.69. The zero-order chi connectivity index (χ0) is 25.7. The SMILES string of the molecule is CN(c1ccc2c(c1)nc(N(C(=O)C(C)(C)C)c1cc(C(C)(C)C)on1)n2C)c1ccnc(Cl)n1. The maximum atomic E-state index is 13.6. The highest BCUT2D eigenvalue weighted by molar-refractivity contribution is 6.28. The lowest BCUT2D eigenvalue weighted by atomic mass is 9.93. The van der Waals surface area contributed by atoms with Gasteiger partial charge in [0.05, 0.1) is 11.0 Å². The number of hydrogen-bond donors (Lipinski definition) is 0. The van der Waals surface area contributed by atoms with Gasteiger partial charge in [0.25, 0.3) is 0 Å². The van der Waals surface area contributed by atoms with E-state index in [0.29, 0.717) is 23.3 Å². The zero-order valence-corrected chi connectivity index (χ0v) is 22.0. The van der Waals surface area contributed by atoms with Crippen LogP contribution >= 0.6 is 11.6 Å². The molecule has 0 atom stereocenters. The molecular weight excluding hydrogens is 466 g/mol. The Bertz CT molecular complexity index is 1400. The molecule has 0 spiro atoms. The highest BCUT2D eigenvalue weighted by Crippen LogP contribution is 2.35. The predicted octanol–water partition coefficient (Wildman–Crippen LogP) is 5.78. The average molecular weight is 496 g/mol. The number of carbonyl (C=O) groups excluding carboxylic acids is 1. The van der Waals surface area contributed by atoms with Crippen molar-refractivity contribution in [2.75, 3.05) is 16.8 Å². The Morgan fingerprint density at radius 3 is 2.34 bits per heavy atom. The minimum atomic E-state index is -0.670. The average Bonchev–Trinajstić information content (AvgIpc) is 3.38. The molecule has 0 aliphatic carbocycles. The molecule has 0 aliphatic rings. The van der Waals surface area contributed by atoms with Crippen molar-refractivity contribution in [1.82, 2.24) is 24.7 Å². The monoisotopic (exact) mass is 495 g/mol. The fourth-order valence-electron chi connectivity index (χ4n) is 3.59. The number of benzene rings is 1. The van der Waals surface area contributed by atoms with E-state index in [2.05, 4.69) is 15.1 Å². The second-order valence-electron chi connectivity index (χ2n) is 10.6. The van der Waals surface area contributed by atoms with E-state index < -0.39 is 5.41 Å². The van der Waals surface area contributed by atoms with Crippen LogP contribution in [0, 0.1) is 5.41 Å². The van der Waals surface area contributed by atoms with Crippen LogP contribution in [0.3, 0.4) is 0 Å². The van der Waals surface area contributed by atoms with Crippen molar-refractivity contribution in [2.45, 2.75) is 47.0 Å². The van der Waals surface area contributed by atoms with Crippen LogP contribution in [-0.4, -0.2) is 37.6 Å². The third kappa shape index (κ3) is 4.73. The number of hydrogen-bond acceptors (Lipinski definition) is 7. The Balaban J connectivity index is 1.82. The van der Waals surface area contributed by atoms with Crippen molar-refractivity contribution in [1.29, 1.82) is 0 Å². The normalized spacial score (nSPS) is 12.3. The summed E-state index contributed by atoms with van der Waals surface area (Å²) in [5.74, 6) is 2.06. The maximum absolute atomic E-state index is 13.6. The van der Waals surface area contributed by atoms with E-state index in [0.717, 1.165) is 16.7 Å². The van der Waals surface area contributed by atoms with E-state index in [1.54, 1.807) is 18.3 Å². The summed E-state index contributed by atoms with van der Waals surface area (Å²) in [6, 6.07) is 9.46. The van der Waals surface area contributed by atoms with Crippen molar-refractivity contribution < 1.29 is 9.32 Å². The summed E-state index contributed by atoms with van der Waals surface area (Å²) in [6.07, 6.45) is 1.61. The van der Waals surface area contributed by atoms with Crippen LogP contribution in [0.2, 0.25) is 5.28 Å². The molecule has 184 valence electrons. The summed E-state index contributed by atoms with van der Waals surface area (Å²) in [4.78, 5) is 30.1. The van der Waals surface area contributed by atoms with Crippen LogP contribution in [0.15, 0.2) is 41.1 Å². The fourth-order valence-corrected chi connectivity index (χ4v) is 3.73. The topological polar surface area (TPSA) is 93.2 Å². The first-order chi connectivity index (χ1) is 16.3. The first kappa shape index (κ1) is 24.7. The van der Waals surface area contributed by atoms with E-state index in [4.69, 9.17) is 21.1 Å². The van der Waals surface area contributed by atoms with Gasteiger partial charge in [-0.15, -0.1) is 0 Å². The number of nitrogens with zero attached hydrogens (tertiary/aromatic N) is 7. The van der Waals surface area contributed by atoms with Gasteiger partial charge in [0.15, 0.2) is 5.82 Å². The van der Waals surface area contributed by atoms with Gasteiger partial charge in [-0.1, -0.05) is 46.7 Å². The first-order valence-corrected chi connectivity index (χ1v) is 11.7. The van der Waals surface area contributed by atoms with Gasteiger partial charge in [0.2, 0.25) is 17.1 Å². The van der Waals surface area contributed by atoms with Gasteiger partial charge in [-0.05, 0) is 35.9 Å². The number of anilines is 4. The molecule has 0 fully saturated rings. The second kappa shape index (κ2) is 8.64. The smallest absolute Gasteiger partial charge is 0.240 e. The summed E-state index contributed by atoms with van der Waals surface area (Å²) in [5, 5.41) is 4.42. The summed E-state index contributed by atoms with van der Waals surface area (Å²) >= 11 is 5.97. The summed E-state index contributed by atoms with van der Waals surface area (Å²) < 4.78 is 7.49. The molecule has 0 aliphatic heterocycles. The minimum Gasteiger partial charge on any atom is -0.359 e. The molecule has 0 saturated heterocycles. The molecular formula is C25H30ClN7O2. The molecule has 0 unspecified atom stereocenters. The quantitative estimate of drug-likeness (QED) is 0.331. The number of amides is 1. The van der Waals surface area contributed by atoms with Crippen LogP contribution in [0.4, 0.5) is 23.3 Å². The van der Waals surface area contributed by atoms with Crippen molar-refractivity contribution in [3.05, 3.63) is 47.6 Å². The van der Waals surface area contributed by atoms with Gasteiger partial charge >= 0.3 is 0 Å².